The molecular formula is C64H48. The average Bonchev–Trinajstić information content (AvgIpc) is 3.38. The van der Waals surface area contributed by atoms with Gasteiger partial charge in [0.1, 0.15) is 0 Å². The van der Waals surface area contributed by atoms with Gasteiger partial charge in [0.15, 0.2) is 0 Å². The van der Waals surface area contributed by atoms with Crippen LogP contribution in [0.25, 0.3) is 93.2 Å². The van der Waals surface area contributed by atoms with Gasteiger partial charge in [0.25, 0.3) is 0 Å². The lowest BCUT2D eigenvalue weighted by Gasteiger charge is -2.24. The van der Waals surface area contributed by atoms with E-state index < -0.39 is 0 Å². The first-order valence-electron chi connectivity index (χ1n) is 23.1. The Balaban J connectivity index is 1.08. The van der Waals surface area contributed by atoms with Crippen LogP contribution in [-0.4, -0.2) is 0 Å². The van der Waals surface area contributed by atoms with Crippen molar-refractivity contribution < 1.29 is 0 Å². The minimum absolute atomic E-state index is 1.00. The van der Waals surface area contributed by atoms with Crippen LogP contribution in [0.5, 0.6) is 0 Å². The molecule has 0 fully saturated rings. The van der Waals surface area contributed by atoms with Crippen LogP contribution < -0.4 is 0 Å². The summed E-state index contributed by atoms with van der Waals surface area (Å²) < 4.78 is 0. The highest BCUT2D eigenvalue weighted by molar-refractivity contribution is 6.30. The normalized spacial score (nSPS) is 15.2. The van der Waals surface area contributed by atoms with Gasteiger partial charge in [-0.05, 0) is 160 Å². The van der Waals surface area contributed by atoms with E-state index in [0.717, 1.165) is 38.5 Å². The van der Waals surface area contributed by atoms with Gasteiger partial charge in [0, 0.05) is 0 Å². The molecule has 0 amide bonds. The molecule has 0 atom stereocenters. The molecule has 0 bridgehead atoms. The third kappa shape index (κ3) is 6.52. The van der Waals surface area contributed by atoms with E-state index in [4.69, 9.17) is 0 Å². The number of allylic oxidation sites excluding steroid dienone is 12. The lowest BCUT2D eigenvalue weighted by atomic mass is 9.79. The summed E-state index contributed by atoms with van der Waals surface area (Å²) in [7, 11) is 0. The van der Waals surface area contributed by atoms with Crippen LogP contribution in [-0.2, 0) is 0 Å². The number of benzene rings is 9. The van der Waals surface area contributed by atoms with Crippen molar-refractivity contribution in [2.24, 2.45) is 0 Å². The summed E-state index contributed by atoms with van der Waals surface area (Å²) >= 11 is 0. The molecule has 0 N–H and O–H groups in total. The highest BCUT2D eigenvalue weighted by Gasteiger charge is 2.25. The van der Waals surface area contributed by atoms with Crippen LogP contribution in [0.3, 0.4) is 0 Å². The summed E-state index contributed by atoms with van der Waals surface area (Å²) in [6, 6.07) is 65.8. The maximum absolute atomic E-state index is 2.40. The second kappa shape index (κ2) is 16.3. The van der Waals surface area contributed by atoms with Crippen LogP contribution in [0.2, 0.25) is 0 Å². The monoisotopic (exact) mass is 816 g/mol. The van der Waals surface area contributed by atoms with Crippen molar-refractivity contribution >= 4 is 59.8 Å². The minimum Gasteiger partial charge on any atom is -0.0842 e. The Morgan fingerprint density at radius 3 is 0.953 bits per heavy atom. The summed E-state index contributed by atoms with van der Waals surface area (Å²) in [5.41, 5.74) is 18.9. The molecule has 3 aliphatic rings. The molecule has 9 aromatic carbocycles. The van der Waals surface area contributed by atoms with Crippen LogP contribution in [0.4, 0.5) is 0 Å². The summed E-state index contributed by atoms with van der Waals surface area (Å²) in [6.45, 7) is 0. The zero-order chi connectivity index (χ0) is 42.4. The molecule has 64 heavy (non-hydrogen) atoms. The Kier molecular flexibility index (Phi) is 9.72. The fraction of sp³-hybridized carbons (Fsp3) is 0.0938. The van der Waals surface area contributed by atoms with Gasteiger partial charge < -0.3 is 0 Å². The third-order valence-corrected chi connectivity index (χ3v) is 14.1. The van der Waals surface area contributed by atoms with Crippen LogP contribution in [0, 0.1) is 0 Å². The SMILES string of the molecule is C1=CCCC(C2=CC=C(c3ccccc3-c3c4ccccc4c(-c4c5ccccc5c(-c5ccccc5C5=CC=C(c6ccccc6)CC5)c5ccccc45)c4ccccc34)CC2)=C1. The first-order chi connectivity index (χ1) is 31.8. The summed E-state index contributed by atoms with van der Waals surface area (Å²) in [4.78, 5) is 0. The van der Waals surface area contributed by atoms with Crippen molar-refractivity contribution in [3.8, 4) is 33.4 Å². The predicted octanol–water partition coefficient (Wildman–Crippen LogP) is 17.9. The summed E-state index contributed by atoms with van der Waals surface area (Å²) in [6.07, 6.45) is 22.7. The summed E-state index contributed by atoms with van der Waals surface area (Å²) in [5, 5.41) is 10.2. The van der Waals surface area contributed by atoms with Gasteiger partial charge in [-0.25, -0.2) is 0 Å². The predicted molar refractivity (Wildman–Crippen MR) is 276 cm³/mol. The Bertz CT molecular complexity index is 3410. The molecule has 12 rings (SSSR count). The molecule has 0 aliphatic heterocycles. The van der Waals surface area contributed by atoms with Gasteiger partial charge in [0.05, 0.1) is 0 Å². The van der Waals surface area contributed by atoms with Crippen molar-refractivity contribution in [3.05, 3.63) is 246 Å². The maximum Gasteiger partial charge on any atom is -0.00139 e. The number of hydrogen-bond acceptors (Lipinski definition) is 0. The van der Waals surface area contributed by atoms with E-state index in [1.54, 1.807) is 0 Å². The zero-order valence-corrected chi connectivity index (χ0v) is 36.0. The molecule has 9 aromatic rings. The molecule has 0 heterocycles. The smallest absolute Gasteiger partial charge is 0.00139 e. The Morgan fingerprint density at radius 1 is 0.234 bits per heavy atom. The Morgan fingerprint density at radius 2 is 0.562 bits per heavy atom. The standard InChI is InChI=1S/C64H48/c1-3-19-43(20-4-1)45-35-39-47(40-36-45)49-23-7-9-25-51(49)61-53-27-11-15-31-57(53)63(58-32-16-12-28-54(58)61)64-59-33-17-13-29-55(59)62(56-30-14-18-34-60(56)64)52-26-10-8-24-50(52)48-41-37-46(38-42-48)44-21-5-2-6-22-44/h1-5,7-21,23-35,37,39,41H,6,22,36,38,40,42H2. The van der Waals surface area contributed by atoms with Gasteiger partial charge in [-0.3, -0.25) is 0 Å². The van der Waals surface area contributed by atoms with Gasteiger partial charge in [-0.1, -0.05) is 218 Å². The van der Waals surface area contributed by atoms with E-state index >= 15 is 0 Å². The van der Waals surface area contributed by atoms with Crippen molar-refractivity contribution in [2.45, 2.75) is 38.5 Å². The first-order valence-corrected chi connectivity index (χ1v) is 23.1. The average molecular weight is 817 g/mol. The zero-order valence-electron chi connectivity index (χ0n) is 36.0. The van der Waals surface area contributed by atoms with Crippen molar-refractivity contribution in [2.75, 3.05) is 0 Å². The van der Waals surface area contributed by atoms with E-state index in [0.29, 0.717) is 0 Å². The highest BCUT2D eigenvalue weighted by atomic mass is 14.3. The number of rotatable bonds is 7. The highest BCUT2D eigenvalue weighted by Crippen LogP contribution is 2.52. The van der Waals surface area contributed by atoms with E-state index in [-0.39, 0.29) is 0 Å². The molecular weight excluding hydrogens is 769 g/mol. The second-order valence-corrected chi connectivity index (χ2v) is 17.6. The third-order valence-electron chi connectivity index (χ3n) is 14.1. The van der Waals surface area contributed by atoms with Gasteiger partial charge in [-0.2, -0.15) is 0 Å². The van der Waals surface area contributed by atoms with E-state index in [2.05, 4.69) is 218 Å². The molecule has 0 nitrogen and oxygen atoms in total. The van der Waals surface area contributed by atoms with Gasteiger partial charge in [0.2, 0.25) is 0 Å². The van der Waals surface area contributed by atoms with Crippen molar-refractivity contribution in [3.63, 3.8) is 0 Å². The fourth-order valence-electron chi connectivity index (χ4n) is 11.1. The molecule has 0 spiro atoms. The molecule has 0 saturated carbocycles. The van der Waals surface area contributed by atoms with Crippen LogP contribution in [0.15, 0.2) is 230 Å². The first kappa shape index (κ1) is 38.2. The lowest BCUT2D eigenvalue weighted by molar-refractivity contribution is 0.905. The number of hydrogen-bond donors (Lipinski definition) is 0. The van der Waals surface area contributed by atoms with E-state index in [1.165, 1.54) is 121 Å². The molecule has 3 aliphatic carbocycles. The molecule has 0 aromatic heterocycles. The lowest BCUT2D eigenvalue weighted by Crippen LogP contribution is -2.00. The largest absolute Gasteiger partial charge is 0.0842 e. The molecule has 0 radical (unpaired) electrons. The van der Waals surface area contributed by atoms with Crippen LogP contribution in [0.1, 0.15) is 55.2 Å². The van der Waals surface area contributed by atoms with Gasteiger partial charge in [-0.15, -0.1) is 0 Å². The Labute approximate surface area is 376 Å². The summed E-state index contributed by atoms with van der Waals surface area (Å²) in [5.74, 6) is 0. The van der Waals surface area contributed by atoms with Crippen molar-refractivity contribution in [1.29, 1.82) is 0 Å². The fourth-order valence-corrected chi connectivity index (χ4v) is 11.1. The quantitative estimate of drug-likeness (QED) is 0.141. The van der Waals surface area contributed by atoms with Crippen molar-refractivity contribution in [1.82, 2.24) is 0 Å². The maximum atomic E-state index is 2.40. The van der Waals surface area contributed by atoms with Crippen LogP contribution >= 0.6 is 0 Å². The molecule has 0 heteroatoms. The topological polar surface area (TPSA) is 0 Å². The second-order valence-electron chi connectivity index (χ2n) is 17.6. The molecule has 304 valence electrons. The molecule has 0 unspecified atom stereocenters. The minimum atomic E-state index is 1.00. The van der Waals surface area contributed by atoms with E-state index in [1.807, 2.05) is 0 Å². The van der Waals surface area contributed by atoms with E-state index in [9.17, 15) is 0 Å². The number of fused-ring (bicyclic) bond motifs is 4. The van der Waals surface area contributed by atoms with Gasteiger partial charge >= 0.3 is 0 Å². The molecule has 0 saturated heterocycles. The Hall–Kier alpha value is -7.54.